The fraction of sp³-hybridized carbons (Fsp3) is 0.400. The van der Waals surface area contributed by atoms with E-state index >= 15 is 4.39 Å². The highest BCUT2D eigenvalue weighted by molar-refractivity contribution is 6.06. The van der Waals surface area contributed by atoms with Gasteiger partial charge in [-0.1, -0.05) is 24.3 Å². The Morgan fingerprint density at radius 2 is 1.55 bits per heavy atom. The zero-order chi connectivity index (χ0) is 30.8. The van der Waals surface area contributed by atoms with Gasteiger partial charge in [-0.25, -0.2) is 4.39 Å². The van der Waals surface area contributed by atoms with Gasteiger partial charge in [0.2, 0.25) is 11.8 Å². The van der Waals surface area contributed by atoms with Gasteiger partial charge in [-0.2, -0.15) is 4.90 Å². The molecule has 1 atom stereocenters. The van der Waals surface area contributed by atoms with Gasteiger partial charge in [0.05, 0.1) is 0 Å². The van der Waals surface area contributed by atoms with Gasteiger partial charge in [-0.15, -0.1) is 0 Å². The maximum absolute atomic E-state index is 15.5. The van der Waals surface area contributed by atoms with E-state index in [9.17, 15) is 55.2 Å². The summed E-state index contributed by atoms with van der Waals surface area (Å²) in [5.74, 6) is -19.0. The van der Waals surface area contributed by atoms with Crippen LogP contribution in [-0.2, 0) is 34.0 Å². The average molecular weight is 595 g/mol. The lowest BCUT2D eigenvalue weighted by atomic mass is 10.0. The summed E-state index contributed by atoms with van der Waals surface area (Å²) in [6.45, 7) is -1.39. The van der Waals surface area contributed by atoms with Crippen LogP contribution < -0.4 is 10.6 Å². The molecule has 5 rings (SSSR count). The molecule has 0 radical (unpaired) electrons. The monoisotopic (exact) mass is 594 g/mol. The lowest BCUT2D eigenvalue weighted by Crippen LogP contribution is -2.83. The van der Waals surface area contributed by atoms with Crippen molar-refractivity contribution in [1.29, 1.82) is 0 Å². The zero-order valence-corrected chi connectivity index (χ0v) is 21.6. The van der Waals surface area contributed by atoms with E-state index in [4.69, 9.17) is 0 Å². The summed E-state index contributed by atoms with van der Waals surface area (Å²) >= 11 is 0. The first-order valence-corrected chi connectivity index (χ1v) is 12.5. The molecule has 1 unspecified atom stereocenters. The molecule has 2 aromatic rings. The third-order valence-electron chi connectivity index (χ3n) is 7.45. The fourth-order valence-corrected chi connectivity index (χ4v) is 5.13. The van der Waals surface area contributed by atoms with Gasteiger partial charge < -0.3 is 51.1 Å². The van der Waals surface area contributed by atoms with E-state index in [1.54, 1.807) is 18.2 Å². The summed E-state index contributed by atoms with van der Waals surface area (Å²) in [4.78, 5) is 37.8. The molecule has 3 amide bonds. The van der Waals surface area contributed by atoms with Crippen LogP contribution in [0.5, 0.6) is 0 Å². The van der Waals surface area contributed by atoms with Crippen LogP contribution in [0.3, 0.4) is 0 Å². The predicted molar refractivity (Wildman–Crippen MR) is 132 cm³/mol. The zero-order valence-electron chi connectivity index (χ0n) is 21.6. The van der Waals surface area contributed by atoms with E-state index in [1.807, 2.05) is 0 Å². The number of hydrogen-bond donors (Lipinski definition) is 10. The highest BCUT2D eigenvalue weighted by atomic mass is 19.1. The molecule has 42 heavy (non-hydrogen) atoms. The second-order valence-corrected chi connectivity index (χ2v) is 10.2. The smallest absolute Gasteiger partial charge is 0.356 e. The van der Waals surface area contributed by atoms with Gasteiger partial charge in [-0.05, 0) is 18.6 Å². The van der Waals surface area contributed by atoms with E-state index in [1.165, 1.54) is 17.0 Å². The highest BCUT2D eigenvalue weighted by Crippen LogP contribution is 2.42. The first kappa shape index (κ1) is 29.9. The molecule has 3 aliphatic rings. The Morgan fingerprint density at radius 3 is 2.19 bits per heavy atom. The van der Waals surface area contributed by atoms with Crippen molar-refractivity contribution in [2.24, 2.45) is 0 Å². The molecule has 0 bridgehead atoms. The number of hydrogen-bond acceptors (Lipinski definition) is 14. The molecule has 16 nitrogen and oxygen atoms in total. The van der Waals surface area contributed by atoms with Crippen molar-refractivity contribution in [1.82, 2.24) is 15.1 Å². The summed E-state index contributed by atoms with van der Waals surface area (Å²) in [7, 11) is 0. The minimum absolute atomic E-state index is 0.0431. The van der Waals surface area contributed by atoms with Gasteiger partial charge >= 0.3 is 23.8 Å². The van der Waals surface area contributed by atoms with Crippen molar-refractivity contribution < 1.29 is 64.4 Å². The van der Waals surface area contributed by atoms with E-state index in [0.717, 1.165) is 6.07 Å². The standard InChI is InChI=1S/C25H27FN4O12/c26-19-12(3-1-4-13(19)10-30-22(34,35)24(38,39)42-25(40,41)23(30,36)37)9-27-16-6-2-5-14-15(16)11-29(21(14)33)17-7-8-18(31)28-20(17)32/h1-6,17,27,34-41H,7-11H2,(H,28,31,32). The van der Waals surface area contributed by atoms with E-state index in [-0.39, 0.29) is 31.5 Å². The average Bonchev–Trinajstić information content (AvgIpc) is 3.22. The molecule has 3 heterocycles. The normalized spacial score (nSPS) is 24.4. The SMILES string of the molecule is O=C1CCC(N2Cc3c(NCc4cccc(CN5C(O)(O)C(O)(O)OC(O)(O)C5(O)O)c4F)cccc3C2=O)C(=O)N1. The van der Waals surface area contributed by atoms with Crippen molar-refractivity contribution in [2.75, 3.05) is 5.32 Å². The molecule has 0 aliphatic carbocycles. The number of ether oxygens (including phenoxy) is 1. The van der Waals surface area contributed by atoms with Gasteiger partial charge in [-0.3, -0.25) is 24.4 Å². The van der Waals surface area contributed by atoms with Crippen LogP contribution in [0, 0.1) is 5.82 Å². The van der Waals surface area contributed by atoms with Crippen LogP contribution >= 0.6 is 0 Å². The van der Waals surface area contributed by atoms with Crippen LogP contribution in [0.1, 0.15) is 39.9 Å². The number of aliphatic hydroxyl groups is 8. The molecule has 17 heteroatoms. The molecular formula is C25H27FN4O12. The lowest BCUT2D eigenvalue weighted by Gasteiger charge is -2.55. The number of halogens is 1. The second kappa shape index (κ2) is 9.99. The van der Waals surface area contributed by atoms with Gasteiger partial charge in [0, 0.05) is 54.0 Å². The quantitative estimate of drug-likeness (QED) is 0.116. The Bertz CT molecular complexity index is 1440. The predicted octanol–water partition coefficient (Wildman–Crippen LogP) is -3.42. The van der Waals surface area contributed by atoms with Crippen LogP contribution in [0.2, 0.25) is 0 Å². The Labute approximate surface area is 235 Å². The number of fused-ring (bicyclic) bond motifs is 1. The minimum Gasteiger partial charge on any atom is -0.381 e. The summed E-state index contributed by atoms with van der Waals surface area (Å²) in [6.07, 6.45) is 0.250. The molecule has 10 N–H and O–H groups in total. The number of nitrogens with one attached hydrogen (secondary N) is 2. The molecule has 0 spiro atoms. The number of amides is 3. The Morgan fingerprint density at radius 1 is 0.929 bits per heavy atom. The second-order valence-electron chi connectivity index (χ2n) is 10.2. The molecule has 2 saturated heterocycles. The van der Waals surface area contributed by atoms with Gasteiger partial charge in [0.15, 0.2) is 0 Å². The Kier molecular flexibility index (Phi) is 7.10. The molecular weight excluding hydrogens is 567 g/mol. The van der Waals surface area contributed by atoms with Crippen LogP contribution in [0.4, 0.5) is 10.1 Å². The summed E-state index contributed by atoms with van der Waals surface area (Å²) in [6, 6.07) is 7.64. The Balaban J connectivity index is 1.36. The summed E-state index contributed by atoms with van der Waals surface area (Å²) < 4.78 is 19.3. The number of piperidine rings is 1. The van der Waals surface area contributed by atoms with Crippen molar-refractivity contribution in [2.45, 2.75) is 62.3 Å². The third kappa shape index (κ3) is 4.71. The maximum Gasteiger partial charge on any atom is 0.356 e. The summed E-state index contributed by atoms with van der Waals surface area (Å²) in [5, 5.41) is 84.9. The highest BCUT2D eigenvalue weighted by Gasteiger charge is 2.74. The van der Waals surface area contributed by atoms with Crippen molar-refractivity contribution in [3.63, 3.8) is 0 Å². The number of carbonyl (C=O) groups is 3. The van der Waals surface area contributed by atoms with Crippen molar-refractivity contribution in [3.8, 4) is 0 Å². The van der Waals surface area contributed by atoms with E-state index in [2.05, 4.69) is 15.4 Å². The third-order valence-corrected chi connectivity index (χ3v) is 7.45. The largest absolute Gasteiger partial charge is 0.381 e. The van der Waals surface area contributed by atoms with E-state index < -0.39 is 70.4 Å². The van der Waals surface area contributed by atoms with Crippen molar-refractivity contribution in [3.05, 3.63) is 64.5 Å². The molecule has 2 aromatic carbocycles. The number of nitrogens with zero attached hydrogens (tertiary/aromatic N) is 2. The van der Waals surface area contributed by atoms with Gasteiger partial charge in [0.25, 0.3) is 5.91 Å². The first-order valence-electron chi connectivity index (χ1n) is 12.5. The fourth-order valence-electron chi connectivity index (χ4n) is 5.13. The maximum atomic E-state index is 15.5. The van der Waals surface area contributed by atoms with Crippen LogP contribution in [-0.4, -0.2) is 98.2 Å². The molecule has 0 saturated carbocycles. The number of anilines is 1. The van der Waals surface area contributed by atoms with Crippen LogP contribution in [0.15, 0.2) is 36.4 Å². The molecule has 3 aliphatic heterocycles. The number of morpholine rings is 1. The van der Waals surface area contributed by atoms with E-state index in [0.29, 0.717) is 16.8 Å². The molecule has 0 aromatic heterocycles. The minimum atomic E-state index is -4.17. The Hall–Kier alpha value is -3.62. The number of imide groups is 1. The number of benzene rings is 2. The molecule has 2 fully saturated rings. The number of carbonyl (C=O) groups excluding carboxylic acids is 3. The van der Waals surface area contributed by atoms with Gasteiger partial charge in [0.1, 0.15) is 11.9 Å². The molecule has 226 valence electrons. The first-order chi connectivity index (χ1) is 19.5. The summed E-state index contributed by atoms with van der Waals surface area (Å²) in [5.41, 5.74) is 0.742. The lowest BCUT2D eigenvalue weighted by molar-refractivity contribution is -0.659. The van der Waals surface area contributed by atoms with Crippen LogP contribution in [0.25, 0.3) is 0 Å². The number of rotatable bonds is 6. The van der Waals surface area contributed by atoms with Crippen molar-refractivity contribution >= 4 is 23.4 Å². The topological polar surface area (TPSA) is 253 Å².